The molecule has 1 aliphatic heterocycles. The van der Waals surface area contributed by atoms with E-state index in [1.54, 1.807) is 24.6 Å². The Morgan fingerprint density at radius 2 is 2.50 bits per heavy atom. The summed E-state index contributed by atoms with van der Waals surface area (Å²) in [6, 6.07) is 0. The van der Waals surface area contributed by atoms with Gasteiger partial charge in [0.25, 0.3) is 0 Å². The molecular weight excluding hydrogens is 130 g/mol. The lowest BCUT2D eigenvalue weighted by atomic mass is 10.6. The molecule has 0 saturated heterocycles. The first-order chi connectivity index (χ1) is 4.93. The van der Waals surface area contributed by atoms with E-state index in [2.05, 4.69) is 15.6 Å². The van der Waals surface area contributed by atoms with Gasteiger partial charge in [-0.1, -0.05) is 0 Å². The molecule has 4 nitrogen and oxygen atoms in total. The van der Waals surface area contributed by atoms with Crippen molar-refractivity contribution in [2.45, 2.75) is 0 Å². The molecule has 1 rings (SSSR count). The first-order valence-corrected chi connectivity index (χ1v) is 2.79. The van der Waals surface area contributed by atoms with Crippen LogP contribution in [-0.4, -0.2) is 12.4 Å². The molecule has 0 atom stereocenters. The lowest BCUT2D eigenvalue weighted by Gasteiger charge is -1.98. The van der Waals surface area contributed by atoms with Crippen LogP contribution in [0.15, 0.2) is 29.5 Å². The Balaban J connectivity index is 2.58. The van der Waals surface area contributed by atoms with Crippen molar-refractivity contribution >= 4 is 12.4 Å². The van der Waals surface area contributed by atoms with Crippen molar-refractivity contribution in [3.05, 3.63) is 24.6 Å². The van der Waals surface area contributed by atoms with Crippen molar-refractivity contribution in [1.29, 1.82) is 0 Å². The van der Waals surface area contributed by atoms with Crippen LogP contribution < -0.4 is 10.6 Å². The van der Waals surface area contributed by atoms with Crippen molar-refractivity contribution in [1.82, 2.24) is 10.6 Å². The van der Waals surface area contributed by atoms with Crippen LogP contribution in [0.1, 0.15) is 0 Å². The molecular formula is C6H7N3O. The zero-order chi connectivity index (χ0) is 7.23. The minimum atomic E-state index is 0.431. The summed E-state index contributed by atoms with van der Waals surface area (Å²) in [7, 11) is 0. The average Bonchev–Trinajstić information content (AvgIpc) is 2.17. The van der Waals surface area contributed by atoms with Crippen LogP contribution in [-0.2, 0) is 4.79 Å². The lowest BCUT2D eigenvalue weighted by molar-refractivity contribution is -0.108. The number of hydrogen-bond donors (Lipinski definition) is 2. The molecule has 0 radical (unpaired) electrons. The van der Waals surface area contributed by atoms with Gasteiger partial charge in [-0.15, -0.1) is 0 Å². The van der Waals surface area contributed by atoms with Crippen LogP contribution in [0, 0.1) is 0 Å². The van der Waals surface area contributed by atoms with Gasteiger partial charge in [-0.25, -0.2) is 4.99 Å². The number of rotatable bonds is 1. The molecule has 0 fully saturated rings. The Morgan fingerprint density at radius 1 is 1.60 bits per heavy atom. The zero-order valence-corrected chi connectivity index (χ0v) is 5.24. The Morgan fingerprint density at radius 3 is 3.30 bits per heavy atom. The fourth-order valence-corrected chi connectivity index (χ4v) is 0.522. The largest absolute Gasteiger partial charge is 0.332 e. The van der Waals surface area contributed by atoms with Gasteiger partial charge in [0.1, 0.15) is 0 Å². The maximum atomic E-state index is 9.91. The standard InChI is InChI=1S/C6H7N3O/c10-5-9-6-7-3-1-2-4-8-6/h1-5H,(H2,7,8,9,10). The number of carbonyl (C=O) groups is 1. The fraction of sp³-hybridized carbons (Fsp3) is 0. The molecule has 0 aromatic rings. The molecule has 0 aliphatic carbocycles. The SMILES string of the molecule is O=CNC1=NC=CC=CN1. The van der Waals surface area contributed by atoms with E-state index in [1.165, 1.54) is 0 Å². The minimum absolute atomic E-state index is 0.431. The summed E-state index contributed by atoms with van der Waals surface area (Å²) in [6.07, 6.45) is 7.37. The molecule has 52 valence electrons. The summed E-state index contributed by atoms with van der Waals surface area (Å²) in [4.78, 5) is 13.7. The predicted molar refractivity (Wildman–Crippen MR) is 38.1 cm³/mol. The number of guanidine groups is 1. The van der Waals surface area contributed by atoms with Crippen LogP contribution >= 0.6 is 0 Å². The Hall–Kier alpha value is -1.58. The van der Waals surface area contributed by atoms with E-state index < -0.39 is 0 Å². The van der Waals surface area contributed by atoms with Gasteiger partial charge in [-0.2, -0.15) is 0 Å². The Bertz CT molecular complexity index is 205. The molecule has 0 bridgehead atoms. The summed E-state index contributed by atoms with van der Waals surface area (Å²) < 4.78 is 0. The number of nitrogens with one attached hydrogen (secondary N) is 2. The third-order valence-electron chi connectivity index (χ3n) is 0.913. The summed E-state index contributed by atoms with van der Waals surface area (Å²) >= 11 is 0. The second kappa shape index (κ2) is 3.45. The number of carbonyl (C=O) groups excluding carboxylic acids is 1. The van der Waals surface area contributed by atoms with Crippen LogP contribution in [0.5, 0.6) is 0 Å². The Labute approximate surface area is 58.3 Å². The van der Waals surface area contributed by atoms with Crippen molar-refractivity contribution < 1.29 is 4.79 Å². The van der Waals surface area contributed by atoms with Gasteiger partial charge in [0.05, 0.1) is 0 Å². The van der Waals surface area contributed by atoms with E-state index >= 15 is 0 Å². The second-order valence-corrected chi connectivity index (χ2v) is 1.58. The highest BCUT2D eigenvalue weighted by atomic mass is 16.1. The third kappa shape index (κ3) is 1.74. The third-order valence-corrected chi connectivity index (χ3v) is 0.913. The van der Waals surface area contributed by atoms with Crippen molar-refractivity contribution in [3.63, 3.8) is 0 Å². The quantitative estimate of drug-likeness (QED) is 0.488. The predicted octanol–water partition coefficient (Wildman–Crippen LogP) is -0.281. The number of hydrogen-bond acceptors (Lipinski definition) is 3. The molecule has 2 N–H and O–H groups in total. The van der Waals surface area contributed by atoms with Gasteiger partial charge in [0.2, 0.25) is 12.4 Å². The van der Waals surface area contributed by atoms with E-state index in [9.17, 15) is 4.79 Å². The van der Waals surface area contributed by atoms with E-state index in [-0.39, 0.29) is 0 Å². The molecule has 10 heavy (non-hydrogen) atoms. The van der Waals surface area contributed by atoms with Crippen molar-refractivity contribution in [3.8, 4) is 0 Å². The number of aliphatic imine (C=N–C) groups is 1. The van der Waals surface area contributed by atoms with E-state index in [0.29, 0.717) is 12.4 Å². The molecule has 0 aromatic heterocycles. The van der Waals surface area contributed by atoms with Gasteiger partial charge in [-0.05, 0) is 12.2 Å². The van der Waals surface area contributed by atoms with Gasteiger partial charge < -0.3 is 5.32 Å². The molecule has 1 heterocycles. The van der Waals surface area contributed by atoms with Gasteiger partial charge in [0, 0.05) is 12.4 Å². The topological polar surface area (TPSA) is 53.5 Å². The summed E-state index contributed by atoms with van der Waals surface area (Å²) in [6.45, 7) is 0. The fourth-order valence-electron chi connectivity index (χ4n) is 0.522. The normalized spacial score (nSPS) is 15.0. The highest BCUT2D eigenvalue weighted by Gasteiger charge is 1.90. The maximum Gasteiger partial charge on any atom is 0.213 e. The van der Waals surface area contributed by atoms with E-state index in [1.807, 2.05) is 0 Å². The minimum Gasteiger partial charge on any atom is -0.332 e. The summed E-state index contributed by atoms with van der Waals surface area (Å²) in [5, 5.41) is 5.13. The van der Waals surface area contributed by atoms with Crippen molar-refractivity contribution in [2.24, 2.45) is 4.99 Å². The zero-order valence-electron chi connectivity index (χ0n) is 5.24. The van der Waals surface area contributed by atoms with Crippen LogP contribution in [0.3, 0.4) is 0 Å². The molecule has 4 heteroatoms. The highest BCUT2D eigenvalue weighted by molar-refractivity contribution is 5.89. The summed E-state index contributed by atoms with van der Waals surface area (Å²) in [5.74, 6) is 0.431. The van der Waals surface area contributed by atoms with Gasteiger partial charge in [0.15, 0.2) is 0 Å². The first-order valence-electron chi connectivity index (χ1n) is 2.79. The summed E-state index contributed by atoms with van der Waals surface area (Å²) in [5.41, 5.74) is 0. The molecule has 0 unspecified atom stereocenters. The van der Waals surface area contributed by atoms with Crippen LogP contribution in [0.4, 0.5) is 0 Å². The highest BCUT2D eigenvalue weighted by Crippen LogP contribution is 1.82. The van der Waals surface area contributed by atoms with E-state index in [0.717, 1.165) is 0 Å². The lowest BCUT2D eigenvalue weighted by Crippen LogP contribution is -2.32. The van der Waals surface area contributed by atoms with E-state index in [4.69, 9.17) is 0 Å². The maximum absolute atomic E-state index is 9.91. The molecule has 1 amide bonds. The molecule has 0 aromatic carbocycles. The number of amides is 1. The Kier molecular flexibility index (Phi) is 2.25. The molecule has 0 saturated carbocycles. The second-order valence-electron chi connectivity index (χ2n) is 1.58. The molecule has 1 aliphatic rings. The first kappa shape index (κ1) is 6.54. The smallest absolute Gasteiger partial charge is 0.213 e. The monoisotopic (exact) mass is 137 g/mol. The number of allylic oxidation sites excluding steroid dienone is 2. The number of nitrogens with zero attached hydrogens (tertiary/aromatic N) is 1. The van der Waals surface area contributed by atoms with Crippen molar-refractivity contribution in [2.75, 3.05) is 0 Å². The molecule has 0 spiro atoms. The van der Waals surface area contributed by atoms with Gasteiger partial charge >= 0.3 is 0 Å². The van der Waals surface area contributed by atoms with Crippen LogP contribution in [0.25, 0.3) is 0 Å². The van der Waals surface area contributed by atoms with Crippen LogP contribution in [0.2, 0.25) is 0 Å². The average molecular weight is 137 g/mol. The van der Waals surface area contributed by atoms with Gasteiger partial charge in [-0.3, -0.25) is 10.1 Å².